The Balaban J connectivity index is 1.89. The average Bonchev–Trinajstić information content (AvgIpc) is 2.55. The summed E-state index contributed by atoms with van der Waals surface area (Å²) >= 11 is 5.77. The predicted molar refractivity (Wildman–Crippen MR) is 91.7 cm³/mol. The van der Waals surface area contributed by atoms with Gasteiger partial charge in [0.2, 0.25) is 5.91 Å². The van der Waals surface area contributed by atoms with Gasteiger partial charge in [-0.15, -0.1) is 0 Å². The Morgan fingerprint density at radius 1 is 1.12 bits per heavy atom. The highest BCUT2D eigenvalue weighted by atomic mass is 35.5. The molecule has 2 rings (SSSR count). The van der Waals surface area contributed by atoms with Crippen molar-refractivity contribution in [2.24, 2.45) is 5.10 Å². The summed E-state index contributed by atoms with van der Waals surface area (Å²) < 4.78 is 13.5. The van der Waals surface area contributed by atoms with Crippen molar-refractivity contribution in [3.63, 3.8) is 0 Å². The van der Waals surface area contributed by atoms with Crippen molar-refractivity contribution >= 4 is 34.8 Å². The van der Waals surface area contributed by atoms with Crippen molar-refractivity contribution in [1.29, 1.82) is 0 Å². The molecule has 0 aliphatic carbocycles. The first-order chi connectivity index (χ1) is 11.5. The molecule has 0 radical (unpaired) electrons. The first kappa shape index (κ1) is 17.6. The Morgan fingerprint density at radius 2 is 1.79 bits per heavy atom. The summed E-state index contributed by atoms with van der Waals surface area (Å²) in [6, 6.07) is 12.2. The maximum atomic E-state index is 13.5. The number of hydrogen-bond acceptors (Lipinski definition) is 3. The van der Waals surface area contributed by atoms with Crippen LogP contribution in [0.25, 0.3) is 0 Å². The van der Waals surface area contributed by atoms with Crippen molar-refractivity contribution in [3.05, 3.63) is 64.9 Å². The molecule has 0 saturated carbocycles. The lowest BCUT2D eigenvalue weighted by Crippen LogP contribution is -2.22. The molecule has 0 atom stereocenters. The summed E-state index contributed by atoms with van der Waals surface area (Å²) in [6.07, 6.45) is -0.0137. The van der Waals surface area contributed by atoms with E-state index in [2.05, 4.69) is 15.8 Å². The van der Waals surface area contributed by atoms with Crippen molar-refractivity contribution in [1.82, 2.24) is 5.43 Å². The van der Waals surface area contributed by atoms with Gasteiger partial charge in [0, 0.05) is 16.4 Å². The largest absolute Gasteiger partial charge is 0.326 e. The third-order valence-electron chi connectivity index (χ3n) is 3.01. The van der Waals surface area contributed by atoms with E-state index >= 15 is 0 Å². The number of rotatable bonds is 5. The summed E-state index contributed by atoms with van der Waals surface area (Å²) in [7, 11) is 0. The second-order valence-electron chi connectivity index (χ2n) is 5.00. The maximum Gasteiger partial charge on any atom is 0.274 e. The van der Waals surface area contributed by atoms with Gasteiger partial charge in [0.05, 0.1) is 12.0 Å². The Hall–Kier alpha value is -2.73. The molecule has 2 aromatic rings. The van der Waals surface area contributed by atoms with Gasteiger partial charge in [-0.25, -0.2) is 9.82 Å². The Kier molecular flexibility index (Phi) is 6.03. The van der Waals surface area contributed by atoms with E-state index in [4.69, 9.17) is 11.6 Å². The maximum absolute atomic E-state index is 13.5. The number of anilines is 1. The molecule has 2 aromatic carbocycles. The Labute approximate surface area is 143 Å². The van der Waals surface area contributed by atoms with Crippen LogP contribution in [0.3, 0.4) is 0 Å². The fraction of sp³-hybridized carbons (Fsp3) is 0.118. The fourth-order valence-corrected chi connectivity index (χ4v) is 1.99. The molecule has 2 N–H and O–H groups in total. The molecule has 0 fully saturated rings. The van der Waals surface area contributed by atoms with Crippen LogP contribution in [0.5, 0.6) is 0 Å². The number of nitrogens with zero attached hydrogens (tertiary/aromatic N) is 1. The van der Waals surface area contributed by atoms with Crippen molar-refractivity contribution < 1.29 is 14.0 Å². The molecule has 2 amide bonds. The van der Waals surface area contributed by atoms with E-state index in [-0.39, 0.29) is 17.9 Å². The molecule has 0 aromatic heterocycles. The summed E-state index contributed by atoms with van der Waals surface area (Å²) in [5, 5.41) is 7.05. The zero-order valence-corrected chi connectivity index (χ0v) is 13.6. The number of hydrogen-bond donors (Lipinski definition) is 2. The van der Waals surface area contributed by atoms with Crippen LogP contribution < -0.4 is 10.7 Å². The number of amides is 2. The minimum Gasteiger partial charge on any atom is -0.326 e. The molecule has 0 bridgehead atoms. The molecule has 124 valence electrons. The molecule has 5 nitrogen and oxygen atoms in total. The van der Waals surface area contributed by atoms with E-state index in [1.54, 1.807) is 37.3 Å². The monoisotopic (exact) mass is 347 g/mol. The van der Waals surface area contributed by atoms with E-state index < -0.39 is 11.7 Å². The highest BCUT2D eigenvalue weighted by Crippen LogP contribution is 2.13. The zero-order chi connectivity index (χ0) is 17.5. The molecule has 7 heteroatoms. The predicted octanol–water partition coefficient (Wildman–Crippen LogP) is 3.61. The third-order valence-corrected chi connectivity index (χ3v) is 3.26. The number of carbonyl (C=O) groups excluding carboxylic acids is 2. The molecule has 24 heavy (non-hydrogen) atoms. The molecule has 0 heterocycles. The summed E-state index contributed by atoms with van der Waals surface area (Å²) in [4.78, 5) is 23.7. The van der Waals surface area contributed by atoms with E-state index in [9.17, 15) is 14.0 Å². The number of hydrazone groups is 1. The Morgan fingerprint density at radius 3 is 2.46 bits per heavy atom. The average molecular weight is 348 g/mol. The van der Waals surface area contributed by atoms with Gasteiger partial charge >= 0.3 is 0 Å². The van der Waals surface area contributed by atoms with Crippen molar-refractivity contribution in [2.75, 3.05) is 5.32 Å². The Bertz CT molecular complexity index is 776. The van der Waals surface area contributed by atoms with Gasteiger partial charge in [0.15, 0.2) is 0 Å². The molecule has 0 aliphatic heterocycles. The first-order valence-corrected chi connectivity index (χ1v) is 7.47. The second kappa shape index (κ2) is 8.21. The lowest BCUT2D eigenvalue weighted by molar-refractivity contribution is -0.115. The zero-order valence-electron chi connectivity index (χ0n) is 12.8. The van der Waals surface area contributed by atoms with E-state index in [1.807, 2.05) is 0 Å². The molecule has 0 spiro atoms. The number of carbonyl (C=O) groups is 2. The molecule has 0 saturated heterocycles. The van der Waals surface area contributed by atoms with Crippen LogP contribution in [-0.2, 0) is 4.79 Å². The number of nitrogens with one attached hydrogen (secondary N) is 2. The topological polar surface area (TPSA) is 70.6 Å². The summed E-state index contributed by atoms with van der Waals surface area (Å²) in [6.45, 7) is 1.59. The molecule has 0 aliphatic rings. The van der Waals surface area contributed by atoms with Crippen LogP contribution in [0.4, 0.5) is 10.1 Å². The molecular weight excluding hydrogens is 333 g/mol. The van der Waals surface area contributed by atoms with Crippen LogP contribution in [-0.4, -0.2) is 17.5 Å². The second-order valence-corrected chi connectivity index (χ2v) is 5.44. The van der Waals surface area contributed by atoms with Crippen LogP contribution in [0.15, 0.2) is 53.6 Å². The van der Waals surface area contributed by atoms with Gasteiger partial charge in [-0.3, -0.25) is 9.59 Å². The number of halogens is 2. The SMILES string of the molecule is C/C(CC(=O)Nc1ccc(Cl)cc1)=N\NC(=O)c1ccccc1F. The van der Waals surface area contributed by atoms with Gasteiger partial charge in [0.25, 0.3) is 5.91 Å². The van der Waals surface area contributed by atoms with E-state index in [0.717, 1.165) is 0 Å². The van der Waals surface area contributed by atoms with Crippen LogP contribution in [0.2, 0.25) is 5.02 Å². The van der Waals surface area contributed by atoms with Crippen LogP contribution >= 0.6 is 11.6 Å². The molecule has 0 unspecified atom stereocenters. The van der Waals surface area contributed by atoms with Gasteiger partial charge in [-0.05, 0) is 43.3 Å². The van der Waals surface area contributed by atoms with Gasteiger partial charge < -0.3 is 5.32 Å². The van der Waals surface area contributed by atoms with Gasteiger partial charge in [-0.2, -0.15) is 5.10 Å². The minimum absolute atomic E-state index is 0.0137. The van der Waals surface area contributed by atoms with E-state index in [0.29, 0.717) is 16.4 Å². The van der Waals surface area contributed by atoms with Gasteiger partial charge in [-0.1, -0.05) is 23.7 Å². The van der Waals surface area contributed by atoms with Crippen LogP contribution in [0, 0.1) is 5.82 Å². The molecular formula is C17H15ClFN3O2. The van der Waals surface area contributed by atoms with Crippen molar-refractivity contribution in [2.45, 2.75) is 13.3 Å². The van der Waals surface area contributed by atoms with Gasteiger partial charge in [0.1, 0.15) is 5.82 Å². The first-order valence-electron chi connectivity index (χ1n) is 7.09. The minimum atomic E-state index is -0.675. The lowest BCUT2D eigenvalue weighted by Gasteiger charge is -2.06. The summed E-state index contributed by atoms with van der Waals surface area (Å²) in [5.74, 6) is -1.60. The van der Waals surface area contributed by atoms with Crippen LogP contribution in [0.1, 0.15) is 23.7 Å². The quantitative estimate of drug-likeness (QED) is 0.640. The van der Waals surface area contributed by atoms with E-state index in [1.165, 1.54) is 18.2 Å². The highest BCUT2D eigenvalue weighted by molar-refractivity contribution is 6.30. The normalized spacial score (nSPS) is 11.0. The third kappa shape index (κ3) is 5.17. The fourth-order valence-electron chi connectivity index (χ4n) is 1.86. The summed E-state index contributed by atoms with van der Waals surface area (Å²) in [5.41, 5.74) is 3.10. The standard InChI is InChI=1S/C17H15ClFN3O2/c1-11(10-16(23)20-13-8-6-12(18)7-9-13)21-22-17(24)14-4-2-3-5-15(14)19/h2-9H,10H2,1H3,(H,20,23)(H,22,24)/b21-11+. The number of benzene rings is 2. The van der Waals surface area contributed by atoms with Crippen molar-refractivity contribution in [3.8, 4) is 0 Å². The lowest BCUT2D eigenvalue weighted by atomic mass is 10.2. The highest BCUT2D eigenvalue weighted by Gasteiger charge is 2.10. The smallest absolute Gasteiger partial charge is 0.274 e.